The quantitative estimate of drug-likeness (QED) is 0.502. The van der Waals surface area contributed by atoms with Gasteiger partial charge in [-0.2, -0.15) is 0 Å². The standard InChI is InChI=1S/Al.Co.In.Ni. The van der Waals surface area contributed by atoms with Gasteiger partial charge in [0.15, 0.2) is 0 Å². The predicted octanol–water partition coefficient (Wildman–Crippen LogP) is -0.767. The molecule has 0 aliphatic carbocycles. The molecule has 0 unspecified atom stereocenters. The fourth-order valence-corrected chi connectivity index (χ4v) is 0. The van der Waals surface area contributed by atoms with E-state index in [1.54, 1.807) is 0 Å². The molecule has 0 aliphatic rings. The van der Waals surface area contributed by atoms with Crippen molar-refractivity contribution in [1.82, 2.24) is 0 Å². The van der Waals surface area contributed by atoms with Gasteiger partial charge in [-0.3, -0.25) is 0 Å². The maximum absolute atomic E-state index is 0. The maximum Gasteiger partial charge on any atom is 0 e. The summed E-state index contributed by atoms with van der Waals surface area (Å²) in [6, 6.07) is 0. The molecule has 25 valence electrons. The second-order valence-corrected chi connectivity index (χ2v) is 0. The summed E-state index contributed by atoms with van der Waals surface area (Å²) < 4.78 is 0. The molecule has 0 aromatic heterocycles. The molecular weight excluding hydrogens is 259 g/mol. The molecule has 0 bridgehead atoms. The molecule has 4 heavy (non-hydrogen) atoms. The molecule has 0 spiro atoms. The normalized spacial score (nSPS) is 0. The summed E-state index contributed by atoms with van der Waals surface area (Å²) in [5.41, 5.74) is 0. The molecular formula is AlCoInNi. The van der Waals surface area contributed by atoms with Gasteiger partial charge in [-0.15, -0.1) is 0 Å². The van der Waals surface area contributed by atoms with Gasteiger partial charge in [-0.1, -0.05) is 0 Å². The Morgan fingerprint density at radius 2 is 1.00 bits per heavy atom. The van der Waals surface area contributed by atoms with Crippen molar-refractivity contribution in [3.8, 4) is 0 Å². The van der Waals surface area contributed by atoms with Crippen LogP contribution < -0.4 is 0 Å². The van der Waals surface area contributed by atoms with E-state index in [0.717, 1.165) is 0 Å². The Hall–Kier alpha value is 2.40. The summed E-state index contributed by atoms with van der Waals surface area (Å²) in [6.45, 7) is 0. The van der Waals surface area contributed by atoms with Crippen molar-refractivity contribution in [3.05, 3.63) is 0 Å². The van der Waals surface area contributed by atoms with Crippen LogP contribution in [-0.2, 0) is 33.3 Å². The number of hydrogen-bond acceptors (Lipinski definition) is 0. The van der Waals surface area contributed by atoms with Gasteiger partial charge in [-0.05, 0) is 0 Å². The third kappa shape index (κ3) is 8.83. The SMILES string of the molecule is [Al].[Co].[In].[Ni]. The zero-order chi connectivity index (χ0) is 0. The first-order chi connectivity index (χ1) is 0. The maximum atomic E-state index is 0. The van der Waals surface area contributed by atoms with Crippen molar-refractivity contribution in [2.75, 3.05) is 0 Å². The van der Waals surface area contributed by atoms with E-state index in [1.807, 2.05) is 0 Å². The third-order valence-electron chi connectivity index (χ3n) is 0. The summed E-state index contributed by atoms with van der Waals surface area (Å²) in [5.74, 6) is 0. The van der Waals surface area contributed by atoms with Gasteiger partial charge in [0.05, 0.1) is 0 Å². The van der Waals surface area contributed by atoms with E-state index in [4.69, 9.17) is 0 Å². The van der Waals surface area contributed by atoms with Crippen LogP contribution in [0.25, 0.3) is 0 Å². The van der Waals surface area contributed by atoms with Crippen LogP contribution in [0.15, 0.2) is 0 Å². The molecule has 0 fully saturated rings. The van der Waals surface area contributed by atoms with Crippen LogP contribution in [-0.4, -0.2) is 43.2 Å². The molecule has 0 aliphatic heterocycles. The first-order valence-corrected chi connectivity index (χ1v) is 0. The molecule has 0 atom stereocenters. The van der Waals surface area contributed by atoms with Crippen LogP contribution >= 0.6 is 0 Å². The van der Waals surface area contributed by atoms with Crippen molar-refractivity contribution in [3.63, 3.8) is 0 Å². The van der Waals surface area contributed by atoms with Gasteiger partial charge in [0.2, 0.25) is 0 Å². The third-order valence-corrected chi connectivity index (χ3v) is 0. The zero-order valence-corrected chi connectivity index (χ0v) is 8.28. The van der Waals surface area contributed by atoms with E-state index in [0.29, 0.717) is 0 Å². The Kier molecular flexibility index (Phi) is 147. The second-order valence-electron chi connectivity index (χ2n) is 0. The Morgan fingerprint density at radius 1 is 1.00 bits per heavy atom. The summed E-state index contributed by atoms with van der Waals surface area (Å²) in [4.78, 5) is 0. The van der Waals surface area contributed by atoms with Crippen molar-refractivity contribution in [2.45, 2.75) is 0 Å². The molecule has 0 rings (SSSR count). The molecule has 7 radical (unpaired) electrons. The van der Waals surface area contributed by atoms with Crippen molar-refractivity contribution in [1.29, 1.82) is 0 Å². The fraction of sp³-hybridized carbons (Fsp3) is 0. The minimum Gasteiger partial charge on any atom is 0 e. The zero-order valence-electron chi connectivity index (χ0n) is 1.80. The second kappa shape index (κ2) is 18.1. The van der Waals surface area contributed by atoms with E-state index in [1.165, 1.54) is 0 Å². The van der Waals surface area contributed by atoms with Crippen LogP contribution in [0.2, 0.25) is 0 Å². The molecule has 4 heteroatoms. The first kappa shape index (κ1) is 32.4. The van der Waals surface area contributed by atoms with Gasteiger partial charge < -0.3 is 0 Å². The van der Waals surface area contributed by atoms with Crippen LogP contribution in [0.4, 0.5) is 0 Å². The van der Waals surface area contributed by atoms with E-state index in [9.17, 15) is 0 Å². The smallest absolute Gasteiger partial charge is 0 e. The fourth-order valence-electron chi connectivity index (χ4n) is 0. The average molecular weight is 259 g/mol. The van der Waals surface area contributed by atoms with Crippen molar-refractivity contribution >= 4 is 43.2 Å². The number of hydrogen-bond donors (Lipinski definition) is 0. The summed E-state index contributed by atoms with van der Waals surface area (Å²) in [7, 11) is 0. The summed E-state index contributed by atoms with van der Waals surface area (Å²) in [6.07, 6.45) is 0. The summed E-state index contributed by atoms with van der Waals surface area (Å²) in [5, 5.41) is 0. The van der Waals surface area contributed by atoms with Gasteiger partial charge in [0.1, 0.15) is 0 Å². The molecule has 0 saturated carbocycles. The number of rotatable bonds is 0. The van der Waals surface area contributed by atoms with Gasteiger partial charge in [0, 0.05) is 76.5 Å². The van der Waals surface area contributed by atoms with Crippen molar-refractivity contribution in [2.24, 2.45) is 0 Å². The minimum absolute atomic E-state index is 0. The Bertz CT molecular complexity index is 8.00. The van der Waals surface area contributed by atoms with E-state index >= 15 is 0 Å². The molecule has 0 saturated heterocycles. The summed E-state index contributed by atoms with van der Waals surface area (Å²) >= 11 is 0. The monoisotopic (exact) mass is 259 g/mol. The van der Waals surface area contributed by atoms with Crippen LogP contribution in [0.1, 0.15) is 0 Å². The molecule has 0 N–H and O–H groups in total. The Balaban J connectivity index is 0. The van der Waals surface area contributed by atoms with Gasteiger partial charge in [0.25, 0.3) is 0 Å². The van der Waals surface area contributed by atoms with E-state index in [2.05, 4.69) is 0 Å². The predicted molar refractivity (Wildman–Crippen MR) is 11.5 cm³/mol. The van der Waals surface area contributed by atoms with Crippen LogP contribution in [0.3, 0.4) is 0 Å². The van der Waals surface area contributed by atoms with Gasteiger partial charge >= 0.3 is 0 Å². The molecule has 0 aromatic rings. The topological polar surface area (TPSA) is 0 Å². The van der Waals surface area contributed by atoms with Crippen LogP contribution in [0, 0.1) is 0 Å². The average Bonchev–Trinajstić information content (AvgIpc) is 0. The van der Waals surface area contributed by atoms with E-state index < -0.39 is 0 Å². The van der Waals surface area contributed by atoms with Crippen LogP contribution in [0.5, 0.6) is 0 Å². The Morgan fingerprint density at radius 3 is 1.00 bits per heavy atom. The molecule has 0 amide bonds. The van der Waals surface area contributed by atoms with E-state index in [-0.39, 0.29) is 76.5 Å². The Labute approximate surface area is 75.5 Å². The molecule has 0 nitrogen and oxygen atoms in total. The van der Waals surface area contributed by atoms with Gasteiger partial charge in [-0.25, -0.2) is 0 Å². The van der Waals surface area contributed by atoms with Crippen molar-refractivity contribution < 1.29 is 33.3 Å². The minimum atomic E-state index is 0. The molecule has 0 aromatic carbocycles. The largest absolute Gasteiger partial charge is 0 e. The first-order valence-electron chi connectivity index (χ1n) is 0. The molecule has 0 heterocycles.